The monoisotopic (exact) mass is 832 g/mol. The van der Waals surface area contributed by atoms with E-state index in [4.69, 9.17) is 0 Å². The number of nitrogens with zero attached hydrogens (tertiary/aromatic N) is 2. The van der Waals surface area contributed by atoms with Crippen LogP contribution < -0.4 is 9.80 Å². The summed E-state index contributed by atoms with van der Waals surface area (Å²) in [7, 11) is 0. The van der Waals surface area contributed by atoms with E-state index in [0.717, 1.165) is 22.7 Å². The zero-order chi connectivity index (χ0) is 42.2. The van der Waals surface area contributed by atoms with E-state index in [1.165, 1.54) is 87.2 Å². The van der Waals surface area contributed by atoms with E-state index in [0.29, 0.717) is 0 Å². The molecule has 0 radical (unpaired) electrons. The fraction of sp³-hybridized carbons (Fsp3) is 0.0164. The molecule has 0 unspecified atom stereocenters. The third kappa shape index (κ3) is 5.38. The van der Waals surface area contributed by atoms with E-state index >= 15 is 0 Å². The topological polar surface area (TPSA) is 6.48 Å². The van der Waals surface area contributed by atoms with Crippen molar-refractivity contribution in [3.8, 4) is 33.4 Å². The van der Waals surface area contributed by atoms with E-state index in [1.54, 1.807) is 0 Å². The number of thiophene rings is 1. The minimum absolute atomic E-state index is 0.584. The number of rotatable bonds is 6. The second kappa shape index (κ2) is 14.6. The Labute approximate surface area is 377 Å². The predicted molar refractivity (Wildman–Crippen MR) is 270 cm³/mol. The standard InChI is InChI=1S/C61H40N2S/c1-3-19-41(20-4-1)42-21-17-22-43(39-42)46-25-8-13-32-55(46)63(58-35-18-28-50-49-27-9-16-36-59(49)64-60(50)58)45-37-38-48-47-26-7-10-29-51(47)61(54(48)40-45)52-30-11-14-33-56(52)62(44-23-5-2-6-24-44)57-34-15-12-31-53(57)61/h1-40H. The summed E-state index contributed by atoms with van der Waals surface area (Å²) >= 11 is 1.88. The van der Waals surface area contributed by atoms with Gasteiger partial charge in [-0.1, -0.05) is 182 Å². The Morgan fingerprint density at radius 2 is 0.922 bits per heavy atom. The molecule has 0 atom stereocenters. The van der Waals surface area contributed by atoms with Crippen LogP contribution in [-0.2, 0) is 5.41 Å². The van der Waals surface area contributed by atoms with E-state index < -0.39 is 5.41 Å². The molecule has 13 rings (SSSR count). The van der Waals surface area contributed by atoms with Gasteiger partial charge in [0.2, 0.25) is 0 Å². The van der Waals surface area contributed by atoms with Crippen LogP contribution in [0.1, 0.15) is 22.3 Å². The Bertz CT molecular complexity index is 3540. The number of hydrogen-bond acceptors (Lipinski definition) is 3. The quantitative estimate of drug-likeness (QED) is 0.165. The van der Waals surface area contributed by atoms with Gasteiger partial charge < -0.3 is 9.80 Å². The van der Waals surface area contributed by atoms with E-state index in [1.807, 2.05) is 11.3 Å². The first-order valence-corrected chi connectivity index (χ1v) is 22.8. The second-order valence-electron chi connectivity index (χ2n) is 16.8. The molecule has 2 heterocycles. The first-order chi connectivity index (χ1) is 31.8. The molecule has 0 saturated carbocycles. The third-order valence-electron chi connectivity index (χ3n) is 13.4. The lowest BCUT2D eigenvalue weighted by molar-refractivity contribution is 0.752. The molecule has 1 aliphatic heterocycles. The van der Waals surface area contributed by atoms with Gasteiger partial charge in [0, 0.05) is 32.4 Å². The van der Waals surface area contributed by atoms with Gasteiger partial charge in [0.05, 0.1) is 32.9 Å². The highest BCUT2D eigenvalue weighted by molar-refractivity contribution is 7.26. The molecule has 1 aromatic heterocycles. The van der Waals surface area contributed by atoms with Crippen molar-refractivity contribution in [1.29, 1.82) is 0 Å². The summed E-state index contributed by atoms with van der Waals surface area (Å²) in [6, 6.07) is 89.7. The summed E-state index contributed by atoms with van der Waals surface area (Å²) in [5.41, 5.74) is 18.8. The smallest absolute Gasteiger partial charge is 0.0755 e. The molecule has 1 aliphatic carbocycles. The SMILES string of the molecule is c1ccc(-c2cccc(-c3ccccc3N(c3ccc4c(c3)C3(c5ccccc5-4)c4ccccc4N(c4ccccc4)c4ccccc43)c3cccc4c3sc3ccccc34)c2)cc1. The second-order valence-corrected chi connectivity index (χ2v) is 17.8. The van der Waals surface area contributed by atoms with Crippen LogP contribution >= 0.6 is 11.3 Å². The molecule has 0 amide bonds. The van der Waals surface area contributed by atoms with Gasteiger partial charge in [0.25, 0.3) is 0 Å². The minimum Gasteiger partial charge on any atom is -0.310 e. The summed E-state index contributed by atoms with van der Waals surface area (Å²) in [4.78, 5) is 4.99. The van der Waals surface area contributed by atoms with E-state index in [-0.39, 0.29) is 0 Å². The van der Waals surface area contributed by atoms with Crippen LogP contribution in [0.25, 0.3) is 53.6 Å². The maximum Gasteiger partial charge on any atom is 0.0755 e. The van der Waals surface area contributed by atoms with Crippen molar-refractivity contribution in [2.45, 2.75) is 5.41 Å². The highest BCUT2D eigenvalue weighted by atomic mass is 32.1. The molecule has 0 saturated heterocycles. The first-order valence-electron chi connectivity index (χ1n) is 22.0. The van der Waals surface area contributed by atoms with Crippen molar-refractivity contribution in [2.24, 2.45) is 0 Å². The molecule has 10 aromatic carbocycles. The molecule has 3 heteroatoms. The summed E-state index contributed by atoms with van der Waals surface area (Å²) in [5, 5.41) is 2.56. The van der Waals surface area contributed by atoms with Crippen molar-refractivity contribution < 1.29 is 0 Å². The molecule has 0 bridgehead atoms. The Balaban J connectivity index is 1.10. The zero-order valence-electron chi connectivity index (χ0n) is 34.9. The number of benzene rings is 10. The van der Waals surface area contributed by atoms with Crippen molar-refractivity contribution in [2.75, 3.05) is 9.80 Å². The van der Waals surface area contributed by atoms with Crippen LogP contribution in [0.5, 0.6) is 0 Å². The molecule has 2 nitrogen and oxygen atoms in total. The van der Waals surface area contributed by atoms with Gasteiger partial charge in [-0.25, -0.2) is 0 Å². The van der Waals surface area contributed by atoms with Crippen molar-refractivity contribution in [3.05, 3.63) is 265 Å². The number of anilines is 6. The van der Waals surface area contributed by atoms with Crippen LogP contribution in [-0.4, -0.2) is 0 Å². The Morgan fingerprint density at radius 3 is 1.72 bits per heavy atom. The lowest BCUT2D eigenvalue weighted by Crippen LogP contribution is -2.36. The summed E-state index contributed by atoms with van der Waals surface area (Å²) in [6.45, 7) is 0. The van der Waals surface area contributed by atoms with Gasteiger partial charge in [-0.15, -0.1) is 11.3 Å². The maximum absolute atomic E-state index is 2.54. The maximum atomic E-state index is 2.54. The van der Waals surface area contributed by atoms with Crippen LogP contribution in [0.3, 0.4) is 0 Å². The van der Waals surface area contributed by atoms with E-state index in [9.17, 15) is 0 Å². The molecule has 1 spiro atoms. The Kier molecular flexibility index (Phi) is 8.34. The average Bonchev–Trinajstić information content (AvgIpc) is 3.89. The lowest BCUT2D eigenvalue weighted by atomic mass is 9.64. The molecule has 0 N–H and O–H groups in total. The molecule has 64 heavy (non-hydrogen) atoms. The summed E-state index contributed by atoms with van der Waals surface area (Å²) in [6.07, 6.45) is 0. The van der Waals surface area contributed by atoms with E-state index in [2.05, 4.69) is 252 Å². The van der Waals surface area contributed by atoms with Gasteiger partial charge in [0.15, 0.2) is 0 Å². The highest BCUT2D eigenvalue weighted by Gasteiger charge is 2.51. The van der Waals surface area contributed by atoms with Gasteiger partial charge in [-0.3, -0.25) is 0 Å². The van der Waals surface area contributed by atoms with Gasteiger partial charge in [0.1, 0.15) is 0 Å². The molecular weight excluding hydrogens is 793 g/mol. The first kappa shape index (κ1) is 36.7. The van der Waals surface area contributed by atoms with Crippen LogP contribution in [0, 0.1) is 0 Å². The van der Waals surface area contributed by atoms with Crippen LogP contribution in [0.15, 0.2) is 243 Å². The fourth-order valence-electron chi connectivity index (χ4n) is 10.8. The largest absolute Gasteiger partial charge is 0.310 e. The molecule has 11 aromatic rings. The van der Waals surface area contributed by atoms with Gasteiger partial charge >= 0.3 is 0 Å². The number of fused-ring (bicyclic) bond motifs is 12. The number of para-hydroxylation sites is 4. The highest BCUT2D eigenvalue weighted by Crippen LogP contribution is 2.64. The van der Waals surface area contributed by atoms with Gasteiger partial charge in [-0.2, -0.15) is 0 Å². The fourth-order valence-corrected chi connectivity index (χ4v) is 12.0. The molecule has 300 valence electrons. The van der Waals surface area contributed by atoms with Crippen molar-refractivity contribution >= 4 is 65.6 Å². The minimum atomic E-state index is -0.584. The van der Waals surface area contributed by atoms with Crippen LogP contribution in [0.4, 0.5) is 34.1 Å². The van der Waals surface area contributed by atoms with Gasteiger partial charge in [-0.05, 0) is 111 Å². The Morgan fingerprint density at radius 1 is 0.359 bits per heavy atom. The normalized spacial score (nSPS) is 13.1. The summed E-state index contributed by atoms with van der Waals surface area (Å²) < 4.78 is 2.55. The van der Waals surface area contributed by atoms with Crippen LogP contribution in [0.2, 0.25) is 0 Å². The predicted octanol–water partition coefficient (Wildman–Crippen LogP) is 17.0. The lowest BCUT2D eigenvalue weighted by Gasteiger charge is -2.45. The average molecular weight is 833 g/mol. The molecule has 0 fully saturated rings. The zero-order valence-corrected chi connectivity index (χ0v) is 35.7. The Hall–Kier alpha value is -7.98. The molecule has 2 aliphatic rings. The van der Waals surface area contributed by atoms with Crippen molar-refractivity contribution in [3.63, 3.8) is 0 Å². The third-order valence-corrected chi connectivity index (χ3v) is 14.7. The summed E-state index contributed by atoms with van der Waals surface area (Å²) in [5.74, 6) is 0. The number of hydrogen-bond donors (Lipinski definition) is 0. The van der Waals surface area contributed by atoms with Crippen molar-refractivity contribution in [1.82, 2.24) is 0 Å². The molecular formula is C61H40N2S.